The normalized spacial score (nSPS) is 21.9. The number of likely N-dealkylation sites (tertiary alicyclic amines) is 1. The molecule has 2 N–H and O–H groups in total. The van der Waals surface area contributed by atoms with Gasteiger partial charge in [-0.1, -0.05) is 0 Å². The van der Waals surface area contributed by atoms with E-state index in [1.807, 2.05) is 18.7 Å². The lowest BCUT2D eigenvalue weighted by molar-refractivity contribution is 0.0761. The van der Waals surface area contributed by atoms with Crippen LogP contribution in [0.1, 0.15) is 35.1 Å². The molecule has 1 aromatic rings. The first-order valence-electron chi connectivity index (χ1n) is 5.99. The number of nitrogens with one attached hydrogen (secondary N) is 1. The second-order valence-corrected chi connectivity index (χ2v) is 4.85. The van der Waals surface area contributed by atoms with Gasteiger partial charge in [-0.3, -0.25) is 9.89 Å². The van der Waals surface area contributed by atoms with Crippen LogP contribution in [0.5, 0.6) is 0 Å². The molecular weight excluding hydrogens is 218 g/mol. The Morgan fingerprint density at radius 2 is 2.29 bits per heavy atom. The van der Waals surface area contributed by atoms with Gasteiger partial charge in [0.2, 0.25) is 0 Å². The molecule has 1 saturated heterocycles. The predicted octanol–water partition coefficient (Wildman–Crippen LogP) is 0.869. The van der Waals surface area contributed by atoms with E-state index in [1.54, 1.807) is 6.92 Å². The van der Waals surface area contributed by atoms with Gasteiger partial charge in [0.15, 0.2) is 0 Å². The first kappa shape index (κ1) is 12.1. The highest BCUT2D eigenvalue weighted by molar-refractivity contribution is 5.96. The maximum absolute atomic E-state index is 12.3. The van der Waals surface area contributed by atoms with Crippen molar-refractivity contribution in [3.05, 3.63) is 17.0 Å². The van der Waals surface area contributed by atoms with Crippen molar-refractivity contribution in [3.8, 4) is 0 Å². The topological polar surface area (TPSA) is 69.2 Å². The molecule has 2 unspecified atom stereocenters. The van der Waals surface area contributed by atoms with Crippen LogP contribution in [0.25, 0.3) is 0 Å². The Hall–Kier alpha value is -1.36. The summed E-state index contributed by atoms with van der Waals surface area (Å²) in [5, 5.41) is 16.4. The number of carbonyl (C=O) groups excluding carboxylic acids is 1. The summed E-state index contributed by atoms with van der Waals surface area (Å²) in [7, 11) is 0. The van der Waals surface area contributed by atoms with Crippen LogP contribution in [0, 0.1) is 19.8 Å². The van der Waals surface area contributed by atoms with Gasteiger partial charge < -0.3 is 10.0 Å². The Morgan fingerprint density at radius 3 is 2.76 bits per heavy atom. The maximum Gasteiger partial charge on any atom is 0.257 e. The molecule has 2 rings (SSSR count). The summed E-state index contributed by atoms with van der Waals surface area (Å²) in [6.07, 6.45) is 0.527. The van der Waals surface area contributed by atoms with Crippen LogP contribution in [-0.2, 0) is 0 Å². The summed E-state index contributed by atoms with van der Waals surface area (Å²) < 4.78 is 0. The van der Waals surface area contributed by atoms with E-state index in [2.05, 4.69) is 10.2 Å². The van der Waals surface area contributed by atoms with Gasteiger partial charge in [0, 0.05) is 24.7 Å². The number of amides is 1. The molecule has 2 atom stereocenters. The van der Waals surface area contributed by atoms with Crippen molar-refractivity contribution in [3.63, 3.8) is 0 Å². The SMILES string of the molecule is Cc1n[nH]c(C)c1C(=O)N1CCC(C(C)O)C1. The van der Waals surface area contributed by atoms with Crippen molar-refractivity contribution in [2.45, 2.75) is 33.3 Å². The maximum atomic E-state index is 12.3. The minimum absolute atomic E-state index is 0.0249. The third kappa shape index (κ3) is 2.20. The number of carbonyl (C=O) groups is 1. The van der Waals surface area contributed by atoms with Gasteiger partial charge in [-0.25, -0.2) is 0 Å². The van der Waals surface area contributed by atoms with Gasteiger partial charge in [-0.05, 0) is 27.2 Å². The van der Waals surface area contributed by atoms with E-state index in [4.69, 9.17) is 0 Å². The van der Waals surface area contributed by atoms with Gasteiger partial charge in [-0.15, -0.1) is 0 Å². The number of aliphatic hydroxyl groups is 1. The summed E-state index contributed by atoms with van der Waals surface area (Å²) in [5.41, 5.74) is 2.23. The number of aryl methyl sites for hydroxylation is 2. The lowest BCUT2D eigenvalue weighted by Gasteiger charge is -2.17. The van der Waals surface area contributed by atoms with Crippen LogP contribution < -0.4 is 0 Å². The molecule has 0 saturated carbocycles. The summed E-state index contributed by atoms with van der Waals surface area (Å²) in [5.74, 6) is 0.225. The Balaban J connectivity index is 2.12. The number of nitrogens with zero attached hydrogens (tertiary/aromatic N) is 2. The molecule has 0 aliphatic carbocycles. The molecule has 1 amide bonds. The van der Waals surface area contributed by atoms with Gasteiger partial charge in [0.05, 0.1) is 17.4 Å². The molecule has 5 heteroatoms. The molecule has 5 nitrogen and oxygen atoms in total. The van der Waals surface area contributed by atoms with Crippen molar-refractivity contribution in [2.75, 3.05) is 13.1 Å². The molecule has 1 aliphatic rings. The number of rotatable bonds is 2. The second-order valence-electron chi connectivity index (χ2n) is 4.85. The molecule has 94 valence electrons. The molecule has 17 heavy (non-hydrogen) atoms. The first-order valence-corrected chi connectivity index (χ1v) is 5.99. The highest BCUT2D eigenvalue weighted by Crippen LogP contribution is 2.23. The zero-order valence-corrected chi connectivity index (χ0v) is 10.5. The lowest BCUT2D eigenvalue weighted by atomic mass is 10.0. The quantitative estimate of drug-likeness (QED) is 0.802. The summed E-state index contributed by atoms with van der Waals surface area (Å²) >= 11 is 0. The monoisotopic (exact) mass is 237 g/mol. The van der Waals surface area contributed by atoms with E-state index in [0.717, 1.165) is 24.4 Å². The molecule has 1 aliphatic heterocycles. The Labute approximate surface area is 101 Å². The molecule has 2 heterocycles. The fourth-order valence-corrected chi connectivity index (χ4v) is 2.39. The smallest absolute Gasteiger partial charge is 0.257 e. The largest absolute Gasteiger partial charge is 0.393 e. The predicted molar refractivity (Wildman–Crippen MR) is 63.8 cm³/mol. The van der Waals surface area contributed by atoms with Gasteiger partial charge >= 0.3 is 0 Å². The van der Waals surface area contributed by atoms with E-state index in [-0.39, 0.29) is 17.9 Å². The highest BCUT2D eigenvalue weighted by Gasteiger charge is 2.31. The first-order chi connectivity index (χ1) is 8.00. The zero-order valence-electron chi connectivity index (χ0n) is 10.5. The molecule has 0 bridgehead atoms. The van der Waals surface area contributed by atoms with Crippen LogP contribution >= 0.6 is 0 Å². The van der Waals surface area contributed by atoms with Crippen LogP contribution in [0.15, 0.2) is 0 Å². The standard InChI is InChI=1S/C12H19N3O2/c1-7-11(8(2)14-13-7)12(17)15-5-4-10(6-15)9(3)16/h9-10,16H,4-6H2,1-3H3,(H,13,14). The average molecular weight is 237 g/mol. The van der Waals surface area contributed by atoms with Crippen molar-refractivity contribution < 1.29 is 9.90 Å². The fourth-order valence-electron chi connectivity index (χ4n) is 2.39. The Bertz CT molecular complexity index is 406. The molecule has 0 spiro atoms. The Kier molecular flexibility index (Phi) is 3.19. The van der Waals surface area contributed by atoms with E-state index in [9.17, 15) is 9.90 Å². The fraction of sp³-hybridized carbons (Fsp3) is 0.667. The van der Waals surface area contributed by atoms with Crippen LogP contribution in [0.4, 0.5) is 0 Å². The molecule has 1 fully saturated rings. The number of H-pyrrole nitrogens is 1. The highest BCUT2D eigenvalue weighted by atomic mass is 16.3. The van der Waals surface area contributed by atoms with Crippen LogP contribution in [0.3, 0.4) is 0 Å². The van der Waals surface area contributed by atoms with Crippen molar-refractivity contribution in [2.24, 2.45) is 5.92 Å². The third-order valence-corrected chi connectivity index (χ3v) is 3.54. The van der Waals surface area contributed by atoms with Gasteiger partial charge in [-0.2, -0.15) is 5.10 Å². The van der Waals surface area contributed by atoms with Crippen molar-refractivity contribution in [1.82, 2.24) is 15.1 Å². The zero-order chi connectivity index (χ0) is 12.6. The summed E-state index contributed by atoms with van der Waals surface area (Å²) in [6.45, 7) is 6.83. The Morgan fingerprint density at radius 1 is 1.59 bits per heavy atom. The summed E-state index contributed by atoms with van der Waals surface area (Å²) in [4.78, 5) is 14.1. The minimum Gasteiger partial charge on any atom is -0.393 e. The number of aliphatic hydroxyl groups excluding tert-OH is 1. The van der Waals surface area contributed by atoms with E-state index in [1.165, 1.54) is 0 Å². The number of hydrogen-bond donors (Lipinski definition) is 2. The molecule has 1 aromatic heterocycles. The summed E-state index contributed by atoms with van der Waals surface area (Å²) in [6, 6.07) is 0. The van der Waals surface area contributed by atoms with Crippen molar-refractivity contribution >= 4 is 5.91 Å². The lowest BCUT2D eigenvalue weighted by Crippen LogP contribution is -2.31. The molecule has 0 radical (unpaired) electrons. The number of aromatic amines is 1. The number of hydrogen-bond acceptors (Lipinski definition) is 3. The van der Waals surface area contributed by atoms with Crippen LogP contribution in [0.2, 0.25) is 0 Å². The third-order valence-electron chi connectivity index (χ3n) is 3.54. The van der Waals surface area contributed by atoms with E-state index < -0.39 is 0 Å². The molecular formula is C12H19N3O2. The van der Waals surface area contributed by atoms with Crippen molar-refractivity contribution in [1.29, 1.82) is 0 Å². The minimum atomic E-state index is -0.348. The average Bonchev–Trinajstić information content (AvgIpc) is 2.85. The molecule has 0 aromatic carbocycles. The number of aromatic nitrogens is 2. The van der Waals surface area contributed by atoms with E-state index >= 15 is 0 Å². The van der Waals surface area contributed by atoms with Crippen LogP contribution in [-0.4, -0.2) is 45.3 Å². The second kappa shape index (κ2) is 4.49. The van der Waals surface area contributed by atoms with E-state index in [0.29, 0.717) is 12.1 Å². The van der Waals surface area contributed by atoms with Gasteiger partial charge in [0.25, 0.3) is 5.91 Å². The van der Waals surface area contributed by atoms with Gasteiger partial charge in [0.1, 0.15) is 0 Å².